The Morgan fingerprint density at radius 1 is 1.35 bits per heavy atom. The summed E-state index contributed by atoms with van der Waals surface area (Å²) in [7, 11) is 4.31. The molecule has 4 nitrogen and oxygen atoms in total. The summed E-state index contributed by atoms with van der Waals surface area (Å²) in [5, 5.41) is 6.60. The van der Waals surface area contributed by atoms with E-state index in [-0.39, 0.29) is 17.4 Å². The quantitative estimate of drug-likeness (QED) is 0.823. The molecule has 1 aliphatic heterocycles. The van der Waals surface area contributed by atoms with E-state index in [1.54, 1.807) is 0 Å². The Morgan fingerprint density at radius 2 is 2.10 bits per heavy atom. The summed E-state index contributed by atoms with van der Waals surface area (Å²) >= 11 is 0. The van der Waals surface area contributed by atoms with Gasteiger partial charge in [-0.3, -0.25) is 4.79 Å². The van der Waals surface area contributed by atoms with E-state index >= 15 is 0 Å². The highest BCUT2D eigenvalue weighted by Gasteiger charge is 2.38. The van der Waals surface area contributed by atoms with Gasteiger partial charge in [0.25, 0.3) is 0 Å². The maximum atomic E-state index is 12.4. The van der Waals surface area contributed by atoms with Crippen LogP contribution in [0.3, 0.4) is 0 Å². The third kappa shape index (κ3) is 3.34. The zero-order chi connectivity index (χ0) is 14.8. The summed E-state index contributed by atoms with van der Waals surface area (Å²) in [6.07, 6.45) is 5.96. The van der Waals surface area contributed by atoms with Crippen molar-refractivity contribution in [3.8, 4) is 0 Å². The van der Waals surface area contributed by atoms with Gasteiger partial charge in [0.1, 0.15) is 0 Å². The van der Waals surface area contributed by atoms with Crippen molar-refractivity contribution in [2.75, 3.05) is 27.2 Å². The largest absolute Gasteiger partial charge is 0.354 e. The van der Waals surface area contributed by atoms with E-state index in [1.807, 2.05) is 0 Å². The van der Waals surface area contributed by atoms with Gasteiger partial charge in [0.05, 0.1) is 5.92 Å². The molecule has 2 rings (SSSR count). The minimum Gasteiger partial charge on any atom is -0.354 e. The molecular formula is C16H31N3O. The average molecular weight is 281 g/mol. The van der Waals surface area contributed by atoms with Crippen LogP contribution in [-0.2, 0) is 4.79 Å². The number of carbonyl (C=O) groups excluding carboxylic acids is 1. The van der Waals surface area contributed by atoms with Crippen LogP contribution in [0.2, 0.25) is 0 Å². The lowest BCUT2D eigenvalue weighted by atomic mass is 9.75. The van der Waals surface area contributed by atoms with Crippen molar-refractivity contribution in [2.45, 2.75) is 57.5 Å². The van der Waals surface area contributed by atoms with Crippen molar-refractivity contribution in [1.82, 2.24) is 15.5 Å². The number of nitrogens with one attached hydrogen (secondary N) is 2. The van der Waals surface area contributed by atoms with Crippen LogP contribution in [0.1, 0.15) is 46.0 Å². The lowest BCUT2D eigenvalue weighted by Crippen LogP contribution is -2.56. The number of hydrogen-bond acceptors (Lipinski definition) is 3. The topological polar surface area (TPSA) is 44.4 Å². The first-order valence-electron chi connectivity index (χ1n) is 8.13. The Morgan fingerprint density at radius 3 is 2.65 bits per heavy atom. The van der Waals surface area contributed by atoms with Gasteiger partial charge in [-0.05, 0) is 52.7 Å². The van der Waals surface area contributed by atoms with Gasteiger partial charge >= 0.3 is 0 Å². The molecular weight excluding hydrogens is 250 g/mol. The molecule has 1 amide bonds. The van der Waals surface area contributed by atoms with E-state index in [1.165, 1.54) is 25.7 Å². The van der Waals surface area contributed by atoms with E-state index in [9.17, 15) is 4.79 Å². The molecule has 0 spiro atoms. The maximum Gasteiger partial charge on any atom is 0.224 e. The molecule has 0 aromatic carbocycles. The standard InChI is InChI=1S/C16H31N3O/c1-12-6-5-8-16(10-12,19(3)4)11-18-15(20)14-7-9-17-13(14)2/h12-14,17H,5-11H2,1-4H3,(H,18,20). The summed E-state index contributed by atoms with van der Waals surface area (Å²) in [5.74, 6) is 1.15. The van der Waals surface area contributed by atoms with Crippen molar-refractivity contribution >= 4 is 5.91 Å². The lowest BCUT2D eigenvalue weighted by molar-refractivity contribution is -0.126. The van der Waals surface area contributed by atoms with E-state index in [2.05, 4.69) is 43.5 Å². The lowest BCUT2D eigenvalue weighted by Gasteiger charge is -2.45. The van der Waals surface area contributed by atoms with Gasteiger partial charge in [0, 0.05) is 18.1 Å². The van der Waals surface area contributed by atoms with Gasteiger partial charge < -0.3 is 15.5 Å². The predicted molar refractivity (Wildman–Crippen MR) is 82.6 cm³/mol. The highest BCUT2D eigenvalue weighted by Crippen LogP contribution is 2.35. The van der Waals surface area contributed by atoms with E-state index < -0.39 is 0 Å². The summed E-state index contributed by atoms with van der Waals surface area (Å²) in [5.41, 5.74) is 0.155. The third-order valence-corrected chi connectivity index (χ3v) is 5.47. The van der Waals surface area contributed by atoms with E-state index in [4.69, 9.17) is 0 Å². The molecule has 2 aliphatic rings. The van der Waals surface area contributed by atoms with Gasteiger partial charge in [0.2, 0.25) is 5.91 Å². The molecule has 0 aromatic heterocycles. The highest BCUT2D eigenvalue weighted by molar-refractivity contribution is 5.79. The summed E-state index contributed by atoms with van der Waals surface area (Å²) < 4.78 is 0. The minimum absolute atomic E-state index is 0.148. The molecule has 116 valence electrons. The molecule has 1 aliphatic carbocycles. The molecule has 0 radical (unpaired) electrons. The van der Waals surface area contributed by atoms with Crippen LogP contribution >= 0.6 is 0 Å². The number of nitrogens with zero attached hydrogens (tertiary/aromatic N) is 1. The number of hydrogen-bond donors (Lipinski definition) is 2. The number of likely N-dealkylation sites (N-methyl/N-ethyl adjacent to an activating group) is 1. The molecule has 4 heteroatoms. The minimum atomic E-state index is 0.148. The summed E-state index contributed by atoms with van der Waals surface area (Å²) in [6, 6.07) is 0.315. The van der Waals surface area contributed by atoms with E-state index in [0.717, 1.165) is 25.4 Å². The smallest absolute Gasteiger partial charge is 0.224 e. The van der Waals surface area contributed by atoms with Crippen LogP contribution in [0.15, 0.2) is 0 Å². The second-order valence-corrected chi connectivity index (χ2v) is 7.18. The van der Waals surface area contributed by atoms with Gasteiger partial charge in [-0.1, -0.05) is 19.8 Å². The highest BCUT2D eigenvalue weighted by atomic mass is 16.2. The van der Waals surface area contributed by atoms with Crippen molar-refractivity contribution < 1.29 is 4.79 Å². The first-order valence-corrected chi connectivity index (χ1v) is 8.13. The molecule has 0 bridgehead atoms. The fraction of sp³-hybridized carbons (Fsp3) is 0.938. The van der Waals surface area contributed by atoms with E-state index in [0.29, 0.717) is 6.04 Å². The van der Waals surface area contributed by atoms with Gasteiger partial charge in [-0.15, -0.1) is 0 Å². The summed E-state index contributed by atoms with van der Waals surface area (Å²) in [6.45, 7) is 6.21. The first kappa shape index (κ1) is 15.8. The van der Waals surface area contributed by atoms with Gasteiger partial charge in [-0.2, -0.15) is 0 Å². The number of amides is 1. The van der Waals surface area contributed by atoms with Crippen LogP contribution in [0, 0.1) is 11.8 Å². The fourth-order valence-corrected chi connectivity index (χ4v) is 3.96. The molecule has 1 heterocycles. The Hall–Kier alpha value is -0.610. The monoisotopic (exact) mass is 281 g/mol. The van der Waals surface area contributed by atoms with Crippen molar-refractivity contribution in [3.05, 3.63) is 0 Å². The molecule has 1 saturated carbocycles. The van der Waals surface area contributed by atoms with Crippen molar-refractivity contribution in [1.29, 1.82) is 0 Å². The number of rotatable bonds is 4. The molecule has 0 aromatic rings. The molecule has 2 fully saturated rings. The van der Waals surface area contributed by atoms with Crippen molar-refractivity contribution in [3.63, 3.8) is 0 Å². The van der Waals surface area contributed by atoms with Crippen LogP contribution in [0.4, 0.5) is 0 Å². The molecule has 20 heavy (non-hydrogen) atoms. The SMILES string of the molecule is CC1CCCC(CNC(=O)C2CCNC2C)(N(C)C)C1. The van der Waals surface area contributed by atoms with Crippen LogP contribution in [-0.4, -0.2) is 49.6 Å². The molecule has 4 unspecified atom stereocenters. The second-order valence-electron chi connectivity index (χ2n) is 7.18. The van der Waals surface area contributed by atoms with Crippen molar-refractivity contribution in [2.24, 2.45) is 11.8 Å². The molecule has 4 atom stereocenters. The summed E-state index contributed by atoms with van der Waals surface area (Å²) in [4.78, 5) is 14.7. The van der Waals surface area contributed by atoms with Crippen LogP contribution < -0.4 is 10.6 Å². The Balaban J connectivity index is 1.93. The van der Waals surface area contributed by atoms with Gasteiger partial charge in [-0.25, -0.2) is 0 Å². The van der Waals surface area contributed by atoms with Crippen LogP contribution in [0.5, 0.6) is 0 Å². The zero-order valence-corrected chi connectivity index (χ0v) is 13.5. The number of carbonyl (C=O) groups is 1. The molecule has 2 N–H and O–H groups in total. The fourth-order valence-electron chi connectivity index (χ4n) is 3.96. The maximum absolute atomic E-state index is 12.4. The second kappa shape index (κ2) is 6.44. The average Bonchev–Trinajstić information content (AvgIpc) is 2.82. The zero-order valence-electron chi connectivity index (χ0n) is 13.5. The molecule has 1 saturated heterocycles. The predicted octanol–water partition coefficient (Wildman–Crippen LogP) is 1.61. The Bertz CT molecular complexity index is 345. The van der Waals surface area contributed by atoms with Crippen LogP contribution in [0.25, 0.3) is 0 Å². The Kier molecular flexibility index (Phi) is 5.08. The Labute approximate surface area is 123 Å². The van der Waals surface area contributed by atoms with Gasteiger partial charge in [0.15, 0.2) is 0 Å². The third-order valence-electron chi connectivity index (χ3n) is 5.47. The normalized spacial score (nSPS) is 38.1. The first-order chi connectivity index (χ1) is 9.44.